The molecule has 0 amide bonds. The van der Waals surface area contributed by atoms with Gasteiger partial charge in [0.15, 0.2) is 5.78 Å². The molecule has 1 aliphatic heterocycles. The van der Waals surface area contributed by atoms with E-state index in [1.165, 1.54) is 18.2 Å². The van der Waals surface area contributed by atoms with Crippen LogP contribution in [0.2, 0.25) is 0 Å². The van der Waals surface area contributed by atoms with E-state index in [0.29, 0.717) is 0 Å². The van der Waals surface area contributed by atoms with Gasteiger partial charge in [-0.2, -0.15) is 11.8 Å². The molecule has 3 N–H and O–H groups in total. The Morgan fingerprint density at radius 1 is 1.00 bits per heavy atom. The summed E-state index contributed by atoms with van der Waals surface area (Å²) in [6.07, 6.45) is 1.14. The summed E-state index contributed by atoms with van der Waals surface area (Å²) in [5, 5.41) is 8.30. The fourth-order valence-electron chi connectivity index (χ4n) is 3.52. The standard InChI is InChI=1S/C20H19N3O4S2/c21-29(26,27)18-7-3-4-13-19(18)17(24)12-15(20(13)25)22-14-5-1-2-6-16(14)23-8-10-28-11-9-23/h1-7,12,22H,8-11H2,(H2,21,26,27). The highest BCUT2D eigenvalue weighted by Gasteiger charge is 2.31. The first-order valence-electron chi connectivity index (χ1n) is 9.01. The molecule has 0 aromatic heterocycles. The molecule has 1 saturated heterocycles. The Labute approximate surface area is 173 Å². The van der Waals surface area contributed by atoms with Gasteiger partial charge in [-0.05, 0) is 18.2 Å². The minimum atomic E-state index is -4.13. The van der Waals surface area contributed by atoms with Crippen molar-refractivity contribution in [1.29, 1.82) is 0 Å². The van der Waals surface area contributed by atoms with Crippen molar-refractivity contribution in [2.45, 2.75) is 4.90 Å². The molecular weight excluding hydrogens is 410 g/mol. The van der Waals surface area contributed by atoms with Crippen molar-refractivity contribution in [2.75, 3.05) is 34.8 Å². The third-order valence-corrected chi connectivity index (χ3v) is 6.76. The summed E-state index contributed by atoms with van der Waals surface area (Å²) >= 11 is 1.90. The van der Waals surface area contributed by atoms with E-state index < -0.39 is 21.6 Å². The molecule has 0 spiro atoms. The molecule has 1 aliphatic carbocycles. The first kappa shape index (κ1) is 19.7. The SMILES string of the molecule is NS(=O)(=O)c1cccc2c1C(=O)C=C(Nc1ccccc1N1CCSCC1)C2=O. The molecule has 1 fully saturated rings. The number of nitrogens with one attached hydrogen (secondary N) is 1. The number of anilines is 2. The molecule has 0 unspecified atom stereocenters. The number of nitrogens with two attached hydrogens (primary N) is 1. The minimum absolute atomic E-state index is 0.0263. The highest BCUT2D eigenvalue weighted by Crippen LogP contribution is 2.32. The fourth-order valence-corrected chi connectivity index (χ4v) is 5.19. The lowest BCUT2D eigenvalue weighted by atomic mass is 9.92. The summed E-state index contributed by atoms with van der Waals surface area (Å²) in [5.74, 6) is 1.03. The molecule has 2 aliphatic rings. The van der Waals surface area contributed by atoms with Gasteiger partial charge in [0.25, 0.3) is 0 Å². The van der Waals surface area contributed by atoms with Crippen LogP contribution in [0.3, 0.4) is 0 Å². The average Bonchev–Trinajstić information content (AvgIpc) is 2.72. The lowest BCUT2D eigenvalue weighted by Crippen LogP contribution is -2.33. The van der Waals surface area contributed by atoms with Crippen LogP contribution in [0.4, 0.5) is 11.4 Å². The number of hydrogen-bond acceptors (Lipinski definition) is 7. The number of allylic oxidation sites excluding steroid dienone is 2. The zero-order chi connectivity index (χ0) is 20.6. The number of ketones is 2. The van der Waals surface area contributed by atoms with E-state index in [1.54, 1.807) is 0 Å². The van der Waals surface area contributed by atoms with Crippen LogP contribution in [0.15, 0.2) is 59.1 Å². The van der Waals surface area contributed by atoms with E-state index in [2.05, 4.69) is 10.2 Å². The number of Topliss-reactive ketones (excluding diaryl/α,β-unsaturated/α-hetero) is 1. The Kier molecular flexibility index (Phi) is 5.20. The van der Waals surface area contributed by atoms with Crippen molar-refractivity contribution in [3.63, 3.8) is 0 Å². The van der Waals surface area contributed by atoms with Crippen molar-refractivity contribution >= 4 is 44.7 Å². The largest absolute Gasteiger partial charge is 0.368 e. The Hall–Kier alpha value is -2.62. The van der Waals surface area contributed by atoms with Crippen LogP contribution in [-0.2, 0) is 10.0 Å². The highest BCUT2D eigenvalue weighted by atomic mass is 32.2. The van der Waals surface area contributed by atoms with Crippen LogP contribution in [0.1, 0.15) is 20.7 Å². The van der Waals surface area contributed by atoms with Gasteiger partial charge < -0.3 is 10.2 Å². The van der Waals surface area contributed by atoms with Gasteiger partial charge in [0.05, 0.1) is 27.5 Å². The van der Waals surface area contributed by atoms with E-state index in [0.717, 1.165) is 42.0 Å². The Balaban J connectivity index is 1.70. The number of rotatable bonds is 4. The third-order valence-electron chi connectivity index (χ3n) is 4.87. The van der Waals surface area contributed by atoms with Gasteiger partial charge in [-0.3, -0.25) is 9.59 Å². The lowest BCUT2D eigenvalue weighted by molar-refractivity contribution is 0.0983. The van der Waals surface area contributed by atoms with Crippen LogP contribution in [0, 0.1) is 0 Å². The molecule has 29 heavy (non-hydrogen) atoms. The van der Waals surface area contributed by atoms with Crippen LogP contribution < -0.4 is 15.4 Å². The Morgan fingerprint density at radius 3 is 2.45 bits per heavy atom. The first-order valence-corrected chi connectivity index (χ1v) is 11.7. The molecule has 2 aromatic carbocycles. The number of nitrogens with zero attached hydrogens (tertiary/aromatic N) is 1. The second kappa shape index (κ2) is 7.66. The number of benzene rings is 2. The number of primary sulfonamides is 1. The van der Waals surface area contributed by atoms with Gasteiger partial charge in [-0.25, -0.2) is 13.6 Å². The second-order valence-corrected chi connectivity index (χ2v) is 9.47. The molecular formula is C20H19N3O4S2. The van der Waals surface area contributed by atoms with Crippen molar-refractivity contribution in [3.8, 4) is 0 Å². The van der Waals surface area contributed by atoms with Crippen molar-refractivity contribution in [3.05, 3.63) is 65.4 Å². The van der Waals surface area contributed by atoms with E-state index in [4.69, 9.17) is 5.14 Å². The van der Waals surface area contributed by atoms with Crippen LogP contribution in [-0.4, -0.2) is 44.6 Å². The highest BCUT2D eigenvalue weighted by molar-refractivity contribution is 7.99. The van der Waals surface area contributed by atoms with E-state index in [1.807, 2.05) is 36.0 Å². The van der Waals surface area contributed by atoms with Crippen LogP contribution in [0.5, 0.6) is 0 Å². The maximum Gasteiger partial charge on any atom is 0.238 e. The minimum Gasteiger partial charge on any atom is -0.368 e. The number of carbonyl (C=O) groups excluding carboxylic acids is 2. The average molecular weight is 430 g/mol. The predicted molar refractivity (Wildman–Crippen MR) is 114 cm³/mol. The number of carbonyl (C=O) groups is 2. The molecule has 1 heterocycles. The molecule has 0 radical (unpaired) electrons. The fraction of sp³-hybridized carbons (Fsp3) is 0.200. The predicted octanol–water partition coefficient (Wildman–Crippen LogP) is 2.26. The summed E-state index contributed by atoms with van der Waals surface area (Å²) < 4.78 is 23.6. The molecule has 0 atom stereocenters. The summed E-state index contributed by atoms with van der Waals surface area (Å²) in [6.45, 7) is 1.80. The van der Waals surface area contributed by atoms with Crippen molar-refractivity contribution in [2.24, 2.45) is 5.14 Å². The molecule has 2 aromatic rings. The summed E-state index contributed by atoms with van der Waals surface area (Å²) in [6, 6.07) is 11.7. The molecule has 0 saturated carbocycles. The molecule has 9 heteroatoms. The van der Waals surface area contributed by atoms with Crippen molar-refractivity contribution < 1.29 is 18.0 Å². The quantitative estimate of drug-likeness (QED) is 0.767. The Bertz CT molecular complexity index is 1140. The summed E-state index contributed by atoms with van der Waals surface area (Å²) in [4.78, 5) is 27.6. The smallest absolute Gasteiger partial charge is 0.238 e. The zero-order valence-corrected chi connectivity index (χ0v) is 17.1. The molecule has 150 valence electrons. The molecule has 0 bridgehead atoms. The summed E-state index contributed by atoms with van der Waals surface area (Å²) in [5.41, 5.74) is 1.63. The third kappa shape index (κ3) is 3.81. The van der Waals surface area contributed by atoms with E-state index in [-0.39, 0.29) is 21.7 Å². The first-order chi connectivity index (χ1) is 13.9. The van der Waals surface area contributed by atoms with E-state index >= 15 is 0 Å². The van der Waals surface area contributed by atoms with Crippen LogP contribution in [0.25, 0.3) is 0 Å². The monoisotopic (exact) mass is 429 g/mol. The van der Waals surface area contributed by atoms with Gasteiger partial charge in [0.2, 0.25) is 15.8 Å². The van der Waals surface area contributed by atoms with Crippen molar-refractivity contribution in [1.82, 2.24) is 0 Å². The number of sulfonamides is 1. The van der Waals surface area contributed by atoms with Gasteiger partial charge in [0, 0.05) is 36.2 Å². The van der Waals surface area contributed by atoms with Gasteiger partial charge in [-0.15, -0.1) is 0 Å². The maximum absolute atomic E-state index is 13.0. The topological polar surface area (TPSA) is 110 Å². The number of fused-ring (bicyclic) bond motifs is 1. The lowest BCUT2D eigenvalue weighted by Gasteiger charge is -2.30. The number of hydrogen-bond donors (Lipinski definition) is 2. The normalized spacial score (nSPS) is 17.0. The van der Waals surface area contributed by atoms with Gasteiger partial charge >= 0.3 is 0 Å². The van der Waals surface area contributed by atoms with Gasteiger partial charge in [-0.1, -0.05) is 24.3 Å². The summed E-state index contributed by atoms with van der Waals surface area (Å²) in [7, 11) is -4.13. The number of thioether (sulfide) groups is 1. The van der Waals surface area contributed by atoms with E-state index in [9.17, 15) is 18.0 Å². The maximum atomic E-state index is 13.0. The number of para-hydroxylation sites is 2. The van der Waals surface area contributed by atoms with Crippen LogP contribution >= 0.6 is 11.8 Å². The van der Waals surface area contributed by atoms with Gasteiger partial charge in [0.1, 0.15) is 0 Å². The molecule has 7 nitrogen and oxygen atoms in total. The zero-order valence-electron chi connectivity index (χ0n) is 15.4. The Morgan fingerprint density at radius 2 is 1.72 bits per heavy atom. The second-order valence-electron chi connectivity index (χ2n) is 6.72. The molecule has 4 rings (SSSR count).